The SMILES string of the molecule is CCCC[C@@H]1CN(C(=O)Cc2c[nH]c3ccccc23)C[C@H](C2CC2)O1. The van der Waals surface area contributed by atoms with Crippen molar-refractivity contribution in [2.24, 2.45) is 5.92 Å². The average Bonchev–Trinajstić information content (AvgIpc) is 3.42. The summed E-state index contributed by atoms with van der Waals surface area (Å²) in [6.07, 6.45) is 8.86. The van der Waals surface area contributed by atoms with Crippen molar-refractivity contribution in [3.63, 3.8) is 0 Å². The van der Waals surface area contributed by atoms with Crippen LogP contribution in [0.25, 0.3) is 10.9 Å². The fraction of sp³-hybridized carbons (Fsp3) is 0.571. The molecule has 1 aliphatic heterocycles. The Morgan fingerprint density at radius 1 is 1.28 bits per heavy atom. The van der Waals surface area contributed by atoms with Crippen molar-refractivity contribution >= 4 is 16.8 Å². The number of amides is 1. The Labute approximate surface area is 149 Å². The molecule has 1 aromatic carbocycles. The first-order chi connectivity index (χ1) is 12.2. The standard InChI is InChI=1S/C21H28N2O2/c1-2-3-6-17-13-23(14-20(25-17)15-9-10-15)21(24)11-16-12-22-19-8-5-4-7-18(16)19/h4-5,7-8,12,15,17,20,22H,2-3,6,9-11,13-14H2,1H3/t17-,20-/m1/s1. The number of rotatable bonds is 6. The molecule has 4 rings (SSSR count). The number of aromatic amines is 1. The molecule has 2 aliphatic rings. The average molecular weight is 340 g/mol. The van der Waals surface area contributed by atoms with Crippen molar-refractivity contribution in [1.29, 1.82) is 0 Å². The maximum atomic E-state index is 13.0. The van der Waals surface area contributed by atoms with Crippen molar-refractivity contribution in [3.8, 4) is 0 Å². The smallest absolute Gasteiger partial charge is 0.227 e. The van der Waals surface area contributed by atoms with Crippen LogP contribution in [0.5, 0.6) is 0 Å². The molecule has 1 amide bonds. The summed E-state index contributed by atoms with van der Waals surface area (Å²) in [7, 11) is 0. The van der Waals surface area contributed by atoms with Crippen LogP contribution in [-0.4, -0.2) is 41.1 Å². The van der Waals surface area contributed by atoms with E-state index in [1.165, 1.54) is 25.7 Å². The molecule has 1 saturated carbocycles. The first-order valence-electron chi connectivity index (χ1n) is 9.73. The van der Waals surface area contributed by atoms with Crippen LogP contribution in [0.2, 0.25) is 0 Å². The Kier molecular flexibility index (Phi) is 4.80. The summed E-state index contributed by atoms with van der Waals surface area (Å²) in [6, 6.07) is 8.19. The topological polar surface area (TPSA) is 45.3 Å². The Morgan fingerprint density at radius 3 is 2.92 bits per heavy atom. The van der Waals surface area contributed by atoms with Gasteiger partial charge < -0.3 is 14.6 Å². The normalized spacial score (nSPS) is 24.0. The lowest BCUT2D eigenvalue weighted by Crippen LogP contribution is -2.51. The number of morpholine rings is 1. The van der Waals surface area contributed by atoms with E-state index < -0.39 is 0 Å². The summed E-state index contributed by atoms with van der Waals surface area (Å²) >= 11 is 0. The summed E-state index contributed by atoms with van der Waals surface area (Å²) in [4.78, 5) is 18.3. The van der Waals surface area contributed by atoms with E-state index in [0.717, 1.165) is 36.0 Å². The number of carbonyl (C=O) groups excluding carboxylic acids is 1. The molecular formula is C21H28N2O2. The highest BCUT2D eigenvalue weighted by Gasteiger charge is 2.39. The Bertz CT molecular complexity index is 734. The van der Waals surface area contributed by atoms with Crippen molar-refractivity contribution in [3.05, 3.63) is 36.0 Å². The number of fused-ring (bicyclic) bond motifs is 1. The van der Waals surface area contributed by atoms with Gasteiger partial charge in [0.25, 0.3) is 0 Å². The number of unbranched alkanes of at least 4 members (excludes halogenated alkanes) is 1. The van der Waals surface area contributed by atoms with E-state index >= 15 is 0 Å². The molecule has 2 fully saturated rings. The number of para-hydroxylation sites is 1. The van der Waals surface area contributed by atoms with Crippen molar-refractivity contribution < 1.29 is 9.53 Å². The lowest BCUT2D eigenvalue weighted by Gasteiger charge is -2.38. The molecule has 25 heavy (non-hydrogen) atoms. The fourth-order valence-corrected chi connectivity index (χ4v) is 3.95. The number of benzene rings is 1. The highest BCUT2D eigenvalue weighted by Crippen LogP contribution is 2.37. The lowest BCUT2D eigenvalue weighted by atomic mass is 10.0. The summed E-state index contributed by atoms with van der Waals surface area (Å²) in [5.74, 6) is 0.910. The molecule has 1 N–H and O–H groups in total. The van der Waals surface area contributed by atoms with Crippen molar-refractivity contribution in [2.75, 3.05) is 13.1 Å². The molecule has 4 nitrogen and oxygen atoms in total. The predicted molar refractivity (Wildman–Crippen MR) is 99.5 cm³/mol. The van der Waals surface area contributed by atoms with Gasteiger partial charge in [-0.3, -0.25) is 4.79 Å². The van der Waals surface area contributed by atoms with Gasteiger partial charge in [0, 0.05) is 30.2 Å². The van der Waals surface area contributed by atoms with Crippen molar-refractivity contribution in [2.45, 2.75) is 57.7 Å². The van der Waals surface area contributed by atoms with Gasteiger partial charge >= 0.3 is 0 Å². The number of carbonyl (C=O) groups is 1. The maximum absolute atomic E-state index is 13.0. The molecule has 0 spiro atoms. The van der Waals surface area contributed by atoms with Crippen molar-refractivity contribution in [1.82, 2.24) is 9.88 Å². The number of hydrogen-bond donors (Lipinski definition) is 1. The summed E-state index contributed by atoms with van der Waals surface area (Å²) in [6.45, 7) is 3.74. The van der Waals surface area contributed by atoms with E-state index in [2.05, 4.69) is 28.9 Å². The molecule has 2 aromatic rings. The van der Waals surface area contributed by atoms with Crippen LogP contribution in [0.4, 0.5) is 0 Å². The zero-order chi connectivity index (χ0) is 17.2. The highest BCUT2D eigenvalue weighted by molar-refractivity contribution is 5.88. The number of H-pyrrole nitrogens is 1. The van der Waals surface area contributed by atoms with Gasteiger partial charge in [-0.1, -0.05) is 38.0 Å². The second-order valence-electron chi connectivity index (χ2n) is 7.61. The first kappa shape index (κ1) is 16.6. The third kappa shape index (κ3) is 3.74. The molecular weight excluding hydrogens is 312 g/mol. The Morgan fingerprint density at radius 2 is 2.12 bits per heavy atom. The molecule has 1 aromatic heterocycles. The van der Waals surface area contributed by atoms with Gasteiger partial charge in [-0.05, 0) is 36.8 Å². The Hall–Kier alpha value is -1.81. The number of aromatic nitrogens is 1. The minimum atomic E-state index is 0.214. The number of nitrogens with zero attached hydrogens (tertiary/aromatic N) is 1. The van der Waals surface area contributed by atoms with E-state index in [9.17, 15) is 4.79 Å². The molecule has 4 heteroatoms. The fourth-order valence-electron chi connectivity index (χ4n) is 3.95. The van der Waals surface area contributed by atoms with Crippen LogP contribution >= 0.6 is 0 Å². The minimum Gasteiger partial charge on any atom is -0.371 e. The van der Waals surface area contributed by atoms with E-state index in [1.54, 1.807) is 0 Å². The number of nitrogens with one attached hydrogen (secondary N) is 1. The van der Waals surface area contributed by atoms with Gasteiger partial charge in [-0.2, -0.15) is 0 Å². The zero-order valence-electron chi connectivity index (χ0n) is 15.0. The largest absolute Gasteiger partial charge is 0.371 e. The van der Waals surface area contributed by atoms with Crippen LogP contribution < -0.4 is 0 Å². The minimum absolute atomic E-state index is 0.214. The molecule has 0 bridgehead atoms. The van der Waals surface area contributed by atoms with Gasteiger partial charge in [-0.25, -0.2) is 0 Å². The molecule has 2 atom stereocenters. The monoisotopic (exact) mass is 340 g/mol. The molecule has 0 unspecified atom stereocenters. The van der Waals surface area contributed by atoms with Gasteiger partial charge in [0.15, 0.2) is 0 Å². The second kappa shape index (κ2) is 7.20. The number of ether oxygens (including phenoxy) is 1. The molecule has 2 heterocycles. The van der Waals surface area contributed by atoms with Crippen LogP contribution in [0.15, 0.2) is 30.5 Å². The zero-order valence-corrected chi connectivity index (χ0v) is 15.0. The number of hydrogen-bond acceptors (Lipinski definition) is 2. The summed E-state index contributed by atoms with van der Waals surface area (Å²) in [5, 5.41) is 1.16. The molecule has 0 radical (unpaired) electrons. The van der Waals surface area contributed by atoms with Gasteiger partial charge in [0.2, 0.25) is 5.91 Å². The third-order valence-electron chi connectivity index (χ3n) is 5.59. The van der Waals surface area contributed by atoms with E-state index in [-0.39, 0.29) is 18.1 Å². The van der Waals surface area contributed by atoms with Crippen LogP contribution in [0, 0.1) is 5.92 Å². The summed E-state index contributed by atoms with van der Waals surface area (Å²) < 4.78 is 6.30. The van der Waals surface area contributed by atoms with Gasteiger partial charge in [-0.15, -0.1) is 0 Å². The highest BCUT2D eigenvalue weighted by atomic mass is 16.5. The van der Waals surface area contributed by atoms with E-state index in [0.29, 0.717) is 12.3 Å². The van der Waals surface area contributed by atoms with Crippen LogP contribution in [0.3, 0.4) is 0 Å². The van der Waals surface area contributed by atoms with E-state index in [1.807, 2.05) is 18.3 Å². The quantitative estimate of drug-likeness (QED) is 0.866. The predicted octanol–water partition coefficient (Wildman–Crippen LogP) is 3.91. The van der Waals surface area contributed by atoms with Gasteiger partial charge in [0.05, 0.1) is 18.6 Å². The summed E-state index contributed by atoms with van der Waals surface area (Å²) in [5.41, 5.74) is 2.20. The Balaban J connectivity index is 1.45. The third-order valence-corrected chi connectivity index (χ3v) is 5.59. The molecule has 134 valence electrons. The second-order valence-corrected chi connectivity index (χ2v) is 7.61. The van der Waals surface area contributed by atoms with Crippen LogP contribution in [-0.2, 0) is 16.0 Å². The van der Waals surface area contributed by atoms with E-state index in [4.69, 9.17) is 4.74 Å². The lowest BCUT2D eigenvalue weighted by molar-refractivity contribution is -0.147. The first-order valence-corrected chi connectivity index (χ1v) is 9.73. The maximum Gasteiger partial charge on any atom is 0.227 e. The van der Waals surface area contributed by atoms with Crippen LogP contribution in [0.1, 0.15) is 44.6 Å². The van der Waals surface area contributed by atoms with Gasteiger partial charge in [0.1, 0.15) is 0 Å². The molecule has 1 saturated heterocycles. The molecule has 1 aliphatic carbocycles.